The number of ether oxygens (including phenoxy) is 1. The van der Waals surface area contributed by atoms with Gasteiger partial charge in [0.05, 0.1) is 5.56 Å². The maximum Gasteiger partial charge on any atom is 0.416 e. The van der Waals surface area contributed by atoms with Crippen LogP contribution >= 0.6 is 0 Å². The molecule has 2 saturated heterocycles. The van der Waals surface area contributed by atoms with E-state index in [-0.39, 0.29) is 18.1 Å². The summed E-state index contributed by atoms with van der Waals surface area (Å²) in [6.45, 7) is 4.35. The fourth-order valence-corrected chi connectivity index (χ4v) is 3.20. The zero-order valence-electron chi connectivity index (χ0n) is 12.8. The molecule has 1 aromatic carbocycles. The van der Waals surface area contributed by atoms with Gasteiger partial charge in [0.15, 0.2) is 0 Å². The topological polar surface area (TPSA) is 32.8 Å². The van der Waals surface area contributed by atoms with Crippen molar-refractivity contribution in [3.63, 3.8) is 0 Å². The molecule has 3 rings (SSSR count). The highest BCUT2D eigenvalue weighted by atomic mass is 19.4. The van der Waals surface area contributed by atoms with Crippen molar-refractivity contribution in [2.45, 2.75) is 31.7 Å². The van der Waals surface area contributed by atoms with Gasteiger partial charge in [-0.15, -0.1) is 0 Å². The number of esters is 1. The van der Waals surface area contributed by atoms with Gasteiger partial charge in [0.1, 0.15) is 12.1 Å². The first-order valence-corrected chi connectivity index (χ1v) is 7.71. The van der Waals surface area contributed by atoms with Gasteiger partial charge in [0, 0.05) is 38.3 Å². The van der Waals surface area contributed by atoms with Crippen LogP contribution in [0.5, 0.6) is 0 Å². The van der Waals surface area contributed by atoms with Crippen LogP contribution in [0.4, 0.5) is 18.9 Å². The molecule has 7 heteroatoms. The van der Waals surface area contributed by atoms with Crippen LogP contribution in [0, 0.1) is 0 Å². The average Bonchev–Trinajstić information content (AvgIpc) is 2.85. The van der Waals surface area contributed by atoms with Crippen molar-refractivity contribution in [1.29, 1.82) is 0 Å². The summed E-state index contributed by atoms with van der Waals surface area (Å²) in [5.74, 6) is -0.190. The van der Waals surface area contributed by atoms with E-state index in [4.69, 9.17) is 4.74 Å². The molecule has 2 atom stereocenters. The van der Waals surface area contributed by atoms with E-state index in [2.05, 4.69) is 4.90 Å². The second-order valence-corrected chi connectivity index (χ2v) is 6.07. The molecule has 2 aliphatic rings. The number of anilines is 1. The first-order chi connectivity index (χ1) is 10.8. The predicted molar refractivity (Wildman–Crippen MR) is 79.2 cm³/mol. The molecular formula is C16H19F3N2O2. The molecular weight excluding hydrogens is 309 g/mol. The number of hydrogen-bond donors (Lipinski definition) is 0. The van der Waals surface area contributed by atoms with Crippen LogP contribution in [-0.2, 0) is 15.7 Å². The van der Waals surface area contributed by atoms with E-state index < -0.39 is 11.7 Å². The zero-order chi connectivity index (χ0) is 16.6. The molecule has 2 heterocycles. The van der Waals surface area contributed by atoms with Gasteiger partial charge >= 0.3 is 12.1 Å². The Kier molecular flexibility index (Phi) is 4.23. The Morgan fingerprint density at radius 3 is 2.43 bits per heavy atom. The molecule has 4 nitrogen and oxygen atoms in total. The minimum Gasteiger partial charge on any atom is -0.461 e. The van der Waals surface area contributed by atoms with E-state index in [0.717, 1.165) is 6.07 Å². The number of hydrogen-bond acceptors (Lipinski definition) is 4. The molecule has 2 aliphatic heterocycles. The van der Waals surface area contributed by atoms with Crippen LogP contribution in [0.15, 0.2) is 24.3 Å². The molecule has 0 N–H and O–H groups in total. The molecule has 0 spiro atoms. The summed E-state index contributed by atoms with van der Waals surface area (Å²) in [5, 5.41) is 0. The maximum atomic E-state index is 12.8. The summed E-state index contributed by atoms with van der Waals surface area (Å²) in [6.07, 6.45) is -3.71. The summed E-state index contributed by atoms with van der Waals surface area (Å²) in [7, 11) is 0. The van der Waals surface area contributed by atoms with Crippen molar-refractivity contribution in [3.05, 3.63) is 29.8 Å². The average molecular weight is 328 g/mol. The Bertz CT molecular complexity index is 583. The van der Waals surface area contributed by atoms with Gasteiger partial charge in [-0.2, -0.15) is 13.2 Å². The van der Waals surface area contributed by atoms with Gasteiger partial charge in [-0.1, -0.05) is 6.07 Å². The summed E-state index contributed by atoms with van der Waals surface area (Å²) in [5.41, 5.74) is -0.0625. The molecule has 0 aromatic heterocycles. The Labute approximate surface area is 132 Å². The minimum absolute atomic E-state index is 0.0611. The van der Waals surface area contributed by atoms with Crippen molar-refractivity contribution in [1.82, 2.24) is 4.90 Å². The molecule has 0 unspecified atom stereocenters. The van der Waals surface area contributed by atoms with Crippen molar-refractivity contribution < 1.29 is 22.7 Å². The van der Waals surface area contributed by atoms with Crippen LogP contribution in [0.3, 0.4) is 0 Å². The van der Waals surface area contributed by atoms with Gasteiger partial charge in [-0.3, -0.25) is 9.69 Å². The summed E-state index contributed by atoms with van der Waals surface area (Å²) in [6, 6.07) is 5.17. The molecule has 23 heavy (non-hydrogen) atoms. The van der Waals surface area contributed by atoms with Gasteiger partial charge in [0.2, 0.25) is 0 Å². The van der Waals surface area contributed by atoms with E-state index in [1.54, 1.807) is 6.07 Å². The summed E-state index contributed by atoms with van der Waals surface area (Å²) in [4.78, 5) is 15.8. The fraction of sp³-hybridized carbons (Fsp3) is 0.562. The molecule has 0 radical (unpaired) electrons. The Morgan fingerprint density at radius 2 is 1.87 bits per heavy atom. The van der Waals surface area contributed by atoms with Crippen LogP contribution in [0.1, 0.15) is 18.9 Å². The largest absolute Gasteiger partial charge is 0.461 e. The van der Waals surface area contributed by atoms with Crippen molar-refractivity contribution in [2.24, 2.45) is 0 Å². The minimum atomic E-state index is -4.33. The van der Waals surface area contributed by atoms with E-state index in [9.17, 15) is 18.0 Å². The lowest BCUT2D eigenvalue weighted by molar-refractivity contribution is -0.145. The van der Waals surface area contributed by atoms with Crippen molar-refractivity contribution in [2.75, 3.05) is 31.1 Å². The second-order valence-electron chi connectivity index (χ2n) is 6.07. The number of nitrogens with zero attached hydrogens (tertiary/aromatic N) is 2. The Balaban J connectivity index is 1.64. The molecule has 126 valence electrons. The molecule has 0 aliphatic carbocycles. The van der Waals surface area contributed by atoms with Gasteiger partial charge in [0.25, 0.3) is 0 Å². The first-order valence-electron chi connectivity index (χ1n) is 7.71. The quantitative estimate of drug-likeness (QED) is 0.781. The highest BCUT2D eigenvalue weighted by Crippen LogP contribution is 2.32. The first kappa shape index (κ1) is 16.1. The SMILES string of the molecule is C[C@H]1C[C@H](N2CCN(c3cccc(C(F)(F)F)c3)CC2)C(=O)O1. The highest BCUT2D eigenvalue weighted by molar-refractivity contribution is 5.78. The van der Waals surface area contributed by atoms with Crippen LogP contribution in [0.2, 0.25) is 0 Å². The molecule has 2 fully saturated rings. The second kappa shape index (κ2) is 6.03. The number of halogens is 3. The lowest BCUT2D eigenvalue weighted by Gasteiger charge is -2.38. The third kappa shape index (κ3) is 3.44. The highest BCUT2D eigenvalue weighted by Gasteiger charge is 2.38. The Hall–Kier alpha value is -1.76. The third-order valence-electron chi connectivity index (χ3n) is 4.44. The van der Waals surface area contributed by atoms with Crippen LogP contribution in [0.25, 0.3) is 0 Å². The number of cyclic esters (lactones) is 1. The van der Waals surface area contributed by atoms with Crippen molar-refractivity contribution in [3.8, 4) is 0 Å². The van der Waals surface area contributed by atoms with Crippen LogP contribution < -0.4 is 4.90 Å². The predicted octanol–water partition coefficient (Wildman–Crippen LogP) is 2.53. The van der Waals surface area contributed by atoms with E-state index in [1.165, 1.54) is 12.1 Å². The maximum absolute atomic E-state index is 12.8. The number of piperazine rings is 1. The smallest absolute Gasteiger partial charge is 0.416 e. The fourth-order valence-electron chi connectivity index (χ4n) is 3.20. The molecule has 0 bridgehead atoms. The normalized spacial score (nSPS) is 26.4. The van der Waals surface area contributed by atoms with E-state index in [1.807, 2.05) is 11.8 Å². The number of carbonyl (C=O) groups is 1. The van der Waals surface area contributed by atoms with Gasteiger partial charge < -0.3 is 9.64 Å². The standard InChI is InChI=1S/C16H19F3N2O2/c1-11-9-14(15(22)23-11)21-7-5-20(6-8-21)13-4-2-3-12(10-13)16(17,18)19/h2-4,10-11,14H,5-9H2,1H3/t11-,14-/m0/s1. The number of rotatable bonds is 2. The van der Waals surface area contributed by atoms with Gasteiger partial charge in [-0.05, 0) is 25.1 Å². The number of carbonyl (C=O) groups excluding carboxylic acids is 1. The zero-order valence-corrected chi connectivity index (χ0v) is 12.8. The lowest BCUT2D eigenvalue weighted by atomic mass is 10.1. The number of alkyl halides is 3. The number of benzene rings is 1. The molecule has 0 amide bonds. The Morgan fingerprint density at radius 1 is 1.17 bits per heavy atom. The summed E-state index contributed by atoms with van der Waals surface area (Å²) >= 11 is 0. The monoisotopic (exact) mass is 328 g/mol. The third-order valence-corrected chi connectivity index (χ3v) is 4.44. The summed E-state index contributed by atoms with van der Waals surface area (Å²) < 4.78 is 43.6. The molecule has 1 aromatic rings. The lowest BCUT2D eigenvalue weighted by Crippen LogP contribution is -2.51. The van der Waals surface area contributed by atoms with Crippen molar-refractivity contribution >= 4 is 11.7 Å². The van der Waals surface area contributed by atoms with Crippen LogP contribution in [-0.4, -0.2) is 49.2 Å². The van der Waals surface area contributed by atoms with Gasteiger partial charge in [-0.25, -0.2) is 0 Å². The molecule has 0 saturated carbocycles. The van der Waals surface area contributed by atoms with E-state index >= 15 is 0 Å². The van der Waals surface area contributed by atoms with E-state index in [0.29, 0.717) is 38.3 Å².